The Hall–Kier alpha value is -1.43. The average Bonchev–Trinajstić information content (AvgIpc) is 2.78. The fourth-order valence-corrected chi connectivity index (χ4v) is 2.37. The first-order chi connectivity index (χ1) is 8.70. The number of nitrogens with one attached hydrogen (secondary N) is 1. The number of halogens is 1. The molecule has 0 radical (unpaired) electrons. The van der Waals surface area contributed by atoms with Crippen molar-refractivity contribution in [2.24, 2.45) is 0 Å². The lowest BCUT2D eigenvalue weighted by Crippen LogP contribution is -2.16. The van der Waals surface area contributed by atoms with Crippen LogP contribution in [0.5, 0.6) is 0 Å². The van der Waals surface area contributed by atoms with Crippen LogP contribution in [0.1, 0.15) is 0 Å². The molecule has 1 heterocycles. The molecule has 6 heteroatoms. The van der Waals surface area contributed by atoms with E-state index in [4.69, 9.17) is 16.3 Å². The molecule has 1 N–H and O–H groups in total. The standard InChI is InChI=1S/C12H11ClN2O2S/c1-17-6-11(16)15-12-14-10(7-18-12)8-4-2-3-5-9(8)13/h2-5,7H,6H2,1H3,(H,14,15,16). The fraction of sp³-hybridized carbons (Fsp3) is 0.167. The molecule has 0 fully saturated rings. The van der Waals surface area contributed by atoms with Crippen molar-refractivity contribution in [3.05, 3.63) is 34.7 Å². The molecule has 4 nitrogen and oxygen atoms in total. The van der Waals surface area contributed by atoms with Crippen LogP contribution in [0.4, 0.5) is 5.13 Å². The van der Waals surface area contributed by atoms with E-state index in [1.807, 2.05) is 23.6 Å². The van der Waals surface area contributed by atoms with Crippen LogP contribution in [0, 0.1) is 0 Å². The number of anilines is 1. The number of carbonyl (C=O) groups is 1. The number of hydrogen-bond acceptors (Lipinski definition) is 4. The number of rotatable bonds is 4. The summed E-state index contributed by atoms with van der Waals surface area (Å²) in [6.07, 6.45) is 0. The minimum absolute atomic E-state index is 0.0149. The lowest BCUT2D eigenvalue weighted by atomic mass is 10.2. The zero-order valence-corrected chi connectivity index (χ0v) is 11.2. The molecule has 0 aliphatic rings. The average molecular weight is 283 g/mol. The van der Waals surface area contributed by atoms with Crippen LogP contribution in [0.25, 0.3) is 11.3 Å². The van der Waals surface area contributed by atoms with Crippen molar-refractivity contribution in [1.82, 2.24) is 4.98 Å². The van der Waals surface area contributed by atoms with Gasteiger partial charge in [-0.2, -0.15) is 0 Å². The van der Waals surface area contributed by atoms with Crippen molar-refractivity contribution in [2.45, 2.75) is 0 Å². The van der Waals surface area contributed by atoms with E-state index < -0.39 is 0 Å². The van der Waals surface area contributed by atoms with Gasteiger partial charge < -0.3 is 4.74 Å². The molecule has 2 aromatic rings. The van der Waals surface area contributed by atoms with Gasteiger partial charge in [0, 0.05) is 23.1 Å². The van der Waals surface area contributed by atoms with Gasteiger partial charge in [-0.15, -0.1) is 11.3 Å². The Morgan fingerprint density at radius 2 is 2.28 bits per heavy atom. The highest BCUT2D eigenvalue weighted by atomic mass is 35.5. The smallest absolute Gasteiger partial charge is 0.252 e. The Labute approximate surface area is 114 Å². The number of benzene rings is 1. The number of aromatic nitrogens is 1. The third kappa shape index (κ3) is 3.07. The van der Waals surface area contributed by atoms with Crippen molar-refractivity contribution in [2.75, 3.05) is 19.0 Å². The van der Waals surface area contributed by atoms with Crippen LogP contribution in [-0.2, 0) is 9.53 Å². The Kier molecular flexibility index (Phi) is 4.30. The van der Waals surface area contributed by atoms with Crippen LogP contribution in [0.15, 0.2) is 29.6 Å². The van der Waals surface area contributed by atoms with Gasteiger partial charge in [0.25, 0.3) is 5.91 Å². The SMILES string of the molecule is COCC(=O)Nc1nc(-c2ccccc2Cl)cs1. The van der Waals surface area contributed by atoms with E-state index in [0.717, 1.165) is 11.3 Å². The predicted octanol–water partition coefficient (Wildman–Crippen LogP) is 3.05. The maximum Gasteiger partial charge on any atom is 0.252 e. The monoisotopic (exact) mass is 282 g/mol. The topological polar surface area (TPSA) is 51.2 Å². The molecule has 0 atom stereocenters. The maximum atomic E-state index is 11.3. The summed E-state index contributed by atoms with van der Waals surface area (Å²) in [5.41, 5.74) is 1.60. The highest BCUT2D eigenvalue weighted by Crippen LogP contribution is 2.30. The summed E-state index contributed by atoms with van der Waals surface area (Å²) in [6, 6.07) is 7.45. The Morgan fingerprint density at radius 3 is 3.00 bits per heavy atom. The van der Waals surface area contributed by atoms with Gasteiger partial charge in [0.2, 0.25) is 0 Å². The molecule has 0 saturated carbocycles. The van der Waals surface area contributed by atoms with Crippen molar-refractivity contribution < 1.29 is 9.53 Å². The summed E-state index contributed by atoms with van der Waals surface area (Å²) in [4.78, 5) is 15.6. The first kappa shape index (κ1) is 13.0. The van der Waals surface area contributed by atoms with Crippen LogP contribution in [0.2, 0.25) is 5.02 Å². The quantitative estimate of drug-likeness (QED) is 0.938. The Morgan fingerprint density at radius 1 is 1.50 bits per heavy atom. The summed E-state index contributed by atoms with van der Waals surface area (Å²) in [6.45, 7) is 0.0149. The van der Waals surface area contributed by atoms with Gasteiger partial charge >= 0.3 is 0 Å². The molecule has 0 bridgehead atoms. The number of nitrogens with zero attached hydrogens (tertiary/aromatic N) is 1. The molecule has 2 rings (SSSR count). The van der Waals surface area contributed by atoms with Crippen molar-refractivity contribution in [3.63, 3.8) is 0 Å². The van der Waals surface area contributed by atoms with E-state index in [1.165, 1.54) is 18.4 Å². The third-order valence-corrected chi connectivity index (χ3v) is 3.26. The first-order valence-electron chi connectivity index (χ1n) is 5.20. The summed E-state index contributed by atoms with van der Waals surface area (Å²) in [7, 11) is 1.47. The lowest BCUT2D eigenvalue weighted by molar-refractivity contribution is -0.119. The zero-order valence-electron chi connectivity index (χ0n) is 9.64. The molecule has 0 saturated heterocycles. The molecule has 1 aromatic heterocycles. The summed E-state index contributed by atoms with van der Waals surface area (Å²) < 4.78 is 4.73. The van der Waals surface area contributed by atoms with Gasteiger partial charge in [-0.05, 0) is 6.07 Å². The van der Waals surface area contributed by atoms with Gasteiger partial charge in [0.05, 0.1) is 5.69 Å². The number of ether oxygens (including phenoxy) is 1. The number of hydrogen-bond donors (Lipinski definition) is 1. The molecule has 94 valence electrons. The van der Waals surface area contributed by atoms with Gasteiger partial charge in [-0.25, -0.2) is 4.98 Å². The normalized spacial score (nSPS) is 10.3. The number of thiazole rings is 1. The highest BCUT2D eigenvalue weighted by molar-refractivity contribution is 7.14. The minimum atomic E-state index is -0.224. The highest BCUT2D eigenvalue weighted by Gasteiger charge is 2.09. The van der Waals surface area contributed by atoms with Crippen molar-refractivity contribution in [1.29, 1.82) is 0 Å². The Bertz CT molecular complexity index is 557. The number of carbonyl (C=O) groups excluding carboxylic acids is 1. The van der Waals surface area contributed by atoms with Crippen LogP contribution in [-0.4, -0.2) is 24.6 Å². The second-order valence-corrected chi connectivity index (χ2v) is 4.76. The minimum Gasteiger partial charge on any atom is -0.375 e. The van der Waals surface area contributed by atoms with Gasteiger partial charge in [-0.3, -0.25) is 10.1 Å². The second-order valence-electron chi connectivity index (χ2n) is 3.50. The molecular weight excluding hydrogens is 272 g/mol. The van der Waals surface area contributed by atoms with Gasteiger partial charge in [0.1, 0.15) is 6.61 Å². The molecule has 0 unspecified atom stereocenters. The molecular formula is C12H11ClN2O2S. The van der Waals surface area contributed by atoms with Crippen molar-refractivity contribution >= 4 is 34.0 Å². The van der Waals surface area contributed by atoms with E-state index in [2.05, 4.69) is 10.3 Å². The third-order valence-electron chi connectivity index (χ3n) is 2.18. The summed E-state index contributed by atoms with van der Waals surface area (Å²) >= 11 is 7.43. The fourth-order valence-electron chi connectivity index (χ4n) is 1.41. The van der Waals surface area contributed by atoms with E-state index in [-0.39, 0.29) is 12.5 Å². The first-order valence-corrected chi connectivity index (χ1v) is 6.45. The summed E-state index contributed by atoms with van der Waals surface area (Å²) in [5.74, 6) is -0.224. The number of amides is 1. The summed E-state index contributed by atoms with van der Waals surface area (Å²) in [5, 5.41) is 5.67. The Balaban J connectivity index is 2.16. The predicted molar refractivity (Wildman–Crippen MR) is 73.1 cm³/mol. The molecule has 1 aromatic carbocycles. The van der Waals surface area contributed by atoms with E-state index in [9.17, 15) is 4.79 Å². The molecule has 18 heavy (non-hydrogen) atoms. The van der Waals surface area contributed by atoms with Crippen LogP contribution >= 0.6 is 22.9 Å². The second kappa shape index (κ2) is 5.95. The van der Waals surface area contributed by atoms with Crippen molar-refractivity contribution in [3.8, 4) is 11.3 Å². The van der Waals surface area contributed by atoms with E-state index >= 15 is 0 Å². The van der Waals surface area contributed by atoms with Crippen LogP contribution in [0.3, 0.4) is 0 Å². The van der Waals surface area contributed by atoms with E-state index in [1.54, 1.807) is 6.07 Å². The van der Waals surface area contributed by atoms with Gasteiger partial charge in [0.15, 0.2) is 5.13 Å². The van der Waals surface area contributed by atoms with E-state index in [0.29, 0.717) is 10.2 Å². The number of methoxy groups -OCH3 is 1. The van der Waals surface area contributed by atoms with Gasteiger partial charge in [-0.1, -0.05) is 29.8 Å². The largest absolute Gasteiger partial charge is 0.375 e. The molecule has 0 spiro atoms. The lowest BCUT2D eigenvalue weighted by Gasteiger charge is -2.00. The zero-order chi connectivity index (χ0) is 13.0. The molecule has 0 aliphatic carbocycles. The van der Waals surface area contributed by atoms with Crippen LogP contribution < -0.4 is 5.32 Å². The maximum absolute atomic E-state index is 11.3. The molecule has 1 amide bonds. The molecule has 0 aliphatic heterocycles.